The summed E-state index contributed by atoms with van der Waals surface area (Å²) in [6, 6.07) is 0. The van der Waals surface area contributed by atoms with Gasteiger partial charge in [0.05, 0.1) is 0 Å². The van der Waals surface area contributed by atoms with Crippen molar-refractivity contribution in [2.75, 3.05) is 0 Å². The molecule has 2 rings (SSSR count). The number of Topliss-reactive ketones (excluding diaryl/α,β-unsaturated/α-hetero) is 1. The molecule has 0 saturated heterocycles. The maximum Gasteiger partial charge on any atom is 0.197 e. The van der Waals surface area contributed by atoms with E-state index in [2.05, 4.69) is 18.8 Å². The first-order chi connectivity index (χ1) is 10.6. The van der Waals surface area contributed by atoms with Gasteiger partial charge in [-0.25, -0.2) is 4.98 Å². The monoisotopic (exact) mass is 321 g/mol. The van der Waals surface area contributed by atoms with Gasteiger partial charge in [-0.3, -0.25) is 0 Å². The largest absolute Gasteiger partial charge is 0.445 e. The van der Waals surface area contributed by atoms with Crippen LogP contribution in [0.25, 0.3) is 0 Å². The van der Waals surface area contributed by atoms with Crippen LogP contribution in [0.4, 0.5) is 0 Å². The Labute approximate surface area is 139 Å². The molecule has 1 aromatic rings. The van der Waals surface area contributed by atoms with Crippen LogP contribution in [0.2, 0.25) is 0 Å². The van der Waals surface area contributed by atoms with Gasteiger partial charge >= 0.3 is 0 Å². The van der Waals surface area contributed by atoms with Gasteiger partial charge in [-0.05, 0) is 64.7 Å². The van der Waals surface area contributed by atoms with Crippen LogP contribution in [0.1, 0.15) is 83.6 Å². The van der Waals surface area contributed by atoms with Crippen molar-refractivity contribution in [2.24, 2.45) is 17.8 Å². The third-order valence-corrected chi connectivity index (χ3v) is 5.35. The second-order valence-electron chi connectivity index (χ2n) is 8.05. The molecule has 0 spiro atoms. The third kappa shape index (κ3) is 4.23. The highest BCUT2D eigenvalue weighted by atomic mass is 16.4. The van der Waals surface area contributed by atoms with Crippen molar-refractivity contribution in [1.82, 2.24) is 4.98 Å². The molecule has 1 N–H and O–H groups in total. The van der Waals surface area contributed by atoms with Gasteiger partial charge in [-0.2, -0.15) is 0 Å². The number of hydrogen-bond acceptors (Lipinski definition) is 4. The van der Waals surface area contributed by atoms with Crippen molar-refractivity contribution in [2.45, 2.75) is 78.7 Å². The van der Waals surface area contributed by atoms with Crippen LogP contribution in [0.15, 0.2) is 4.42 Å². The molecule has 0 aromatic carbocycles. The van der Waals surface area contributed by atoms with Gasteiger partial charge in [0.1, 0.15) is 22.8 Å². The van der Waals surface area contributed by atoms with Crippen molar-refractivity contribution in [3.63, 3.8) is 0 Å². The molecule has 0 bridgehead atoms. The zero-order chi connectivity index (χ0) is 17.4. The molecule has 1 fully saturated rings. The number of nitrogens with zero attached hydrogens (tertiary/aromatic N) is 1. The molecule has 1 heterocycles. The molecule has 4 unspecified atom stereocenters. The van der Waals surface area contributed by atoms with E-state index in [4.69, 9.17) is 4.42 Å². The number of rotatable bonds is 4. The molecule has 0 amide bonds. The summed E-state index contributed by atoms with van der Waals surface area (Å²) in [6.07, 6.45) is 3.79. The Hall–Kier alpha value is -1.16. The van der Waals surface area contributed by atoms with Gasteiger partial charge in [0.2, 0.25) is 0 Å². The van der Waals surface area contributed by atoms with E-state index in [1.165, 1.54) is 0 Å². The van der Waals surface area contributed by atoms with E-state index in [1.54, 1.807) is 20.8 Å². The average Bonchev–Trinajstić information content (AvgIpc) is 2.75. The zero-order valence-corrected chi connectivity index (χ0v) is 15.3. The second-order valence-corrected chi connectivity index (χ2v) is 8.05. The minimum Gasteiger partial charge on any atom is -0.445 e. The Morgan fingerprint density at radius 1 is 1.30 bits per heavy atom. The van der Waals surface area contributed by atoms with Crippen LogP contribution in [0, 0.1) is 24.7 Å². The molecule has 4 heteroatoms. The molecule has 1 aromatic heterocycles. The minimum atomic E-state index is -0.980. The van der Waals surface area contributed by atoms with Crippen LogP contribution in [0.5, 0.6) is 0 Å². The summed E-state index contributed by atoms with van der Waals surface area (Å²) in [5, 5.41) is 10.2. The molecular weight excluding hydrogens is 290 g/mol. The van der Waals surface area contributed by atoms with E-state index < -0.39 is 5.60 Å². The lowest BCUT2D eigenvalue weighted by molar-refractivity contribution is -0.118. The number of aliphatic hydroxyl groups is 1. The van der Waals surface area contributed by atoms with Gasteiger partial charge in [0.15, 0.2) is 5.89 Å². The van der Waals surface area contributed by atoms with E-state index >= 15 is 0 Å². The molecule has 1 aliphatic carbocycles. The number of oxazole rings is 1. The summed E-state index contributed by atoms with van der Waals surface area (Å²) in [7, 11) is 0. The fourth-order valence-electron chi connectivity index (χ4n) is 4.10. The maximum atomic E-state index is 11.6. The lowest BCUT2D eigenvalue weighted by atomic mass is 9.79. The van der Waals surface area contributed by atoms with E-state index in [0.717, 1.165) is 25.2 Å². The zero-order valence-electron chi connectivity index (χ0n) is 15.3. The van der Waals surface area contributed by atoms with Gasteiger partial charge < -0.3 is 14.3 Å². The molecule has 4 atom stereocenters. The molecule has 0 aliphatic heterocycles. The first-order valence-electron chi connectivity index (χ1n) is 8.79. The number of carbonyl (C=O) groups excluding carboxylic acids is 1. The Morgan fingerprint density at radius 2 is 1.96 bits per heavy atom. The molecule has 0 radical (unpaired) electrons. The highest BCUT2D eigenvalue weighted by Crippen LogP contribution is 2.42. The maximum absolute atomic E-state index is 11.6. The predicted octanol–water partition coefficient (Wildman–Crippen LogP) is 4.35. The smallest absolute Gasteiger partial charge is 0.197 e. The fourth-order valence-corrected chi connectivity index (χ4v) is 4.10. The first kappa shape index (κ1) is 18.2. The van der Waals surface area contributed by atoms with Gasteiger partial charge in [0, 0.05) is 12.3 Å². The van der Waals surface area contributed by atoms with Crippen LogP contribution in [0.3, 0.4) is 0 Å². The van der Waals surface area contributed by atoms with Crippen molar-refractivity contribution in [3.05, 3.63) is 17.3 Å². The van der Waals surface area contributed by atoms with Crippen LogP contribution >= 0.6 is 0 Å². The molecule has 130 valence electrons. The molecule has 23 heavy (non-hydrogen) atoms. The van der Waals surface area contributed by atoms with E-state index in [9.17, 15) is 9.90 Å². The van der Waals surface area contributed by atoms with Crippen molar-refractivity contribution in [3.8, 4) is 0 Å². The average molecular weight is 321 g/mol. The molecular formula is C19H31NO3. The lowest BCUT2D eigenvalue weighted by Gasteiger charge is -2.26. The van der Waals surface area contributed by atoms with Gasteiger partial charge in [0.25, 0.3) is 0 Å². The highest BCUT2D eigenvalue weighted by molar-refractivity contribution is 5.75. The topological polar surface area (TPSA) is 63.3 Å². The Kier molecular flexibility index (Phi) is 5.34. The van der Waals surface area contributed by atoms with Crippen LogP contribution < -0.4 is 0 Å². The van der Waals surface area contributed by atoms with E-state index in [0.29, 0.717) is 35.6 Å². The summed E-state index contributed by atoms with van der Waals surface area (Å²) in [5.74, 6) is 3.48. The van der Waals surface area contributed by atoms with E-state index in [-0.39, 0.29) is 11.7 Å². The van der Waals surface area contributed by atoms with Crippen molar-refractivity contribution in [1.29, 1.82) is 0 Å². The Balaban J connectivity index is 2.21. The summed E-state index contributed by atoms with van der Waals surface area (Å²) in [6.45, 7) is 11.5. The van der Waals surface area contributed by atoms with E-state index in [1.807, 2.05) is 6.92 Å². The SMILES string of the molecule is CC(=O)CC1C(C)CCC(c2nc(C(C)(C)O)c(C)o2)CC1C. The number of aryl methyl sites for hydroxylation is 1. The van der Waals surface area contributed by atoms with Crippen molar-refractivity contribution >= 4 is 5.78 Å². The van der Waals surface area contributed by atoms with Gasteiger partial charge in [-0.15, -0.1) is 0 Å². The number of ketones is 1. The van der Waals surface area contributed by atoms with Crippen LogP contribution in [-0.2, 0) is 10.4 Å². The summed E-state index contributed by atoms with van der Waals surface area (Å²) in [4.78, 5) is 16.2. The summed E-state index contributed by atoms with van der Waals surface area (Å²) >= 11 is 0. The molecule has 4 nitrogen and oxygen atoms in total. The quantitative estimate of drug-likeness (QED) is 0.838. The number of carbonyl (C=O) groups is 1. The Morgan fingerprint density at radius 3 is 2.48 bits per heavy atom. The Bertz CT molecular complexity index is 555. The van der Waals surface area contributed by atoms with Crippen molar-refractivity contribution < 1.29 is 14.3 Å². The predicted molar refractivity (Wildman–Crippen MR) is 90.2 cm³/mol. The molecule has 1 saturated carbocycles. The lowest BCUT2D eigenvalue weighted by Crippen LogP contribution is -2.21. The number of hydrogen-bond donors (Lipinski definition) is 1. The minimum absolute atomic E-state index is 0.277. The summed E-state index contributed by atoms with van der Waals surface area (Å²) < 4.78 is 5.90. The number of aromatic nitrogens is 1. The standard InChI is InChI=1S/C19H31NO3/c1-11-7-8-15(9-12(2)16(11)10-13(3)21)18-20-17(14(4)23-18)19(5,6)22/h11-12,15-16,22H,7-10H2,1-6H3. The third-order valence-electron chi connectivity index (χ3n) is 5.35. The van der Waals surface area contributed by atoms with Crippen LogP contribution in [-0.4, -0.2) is 15.9 Å². The van der Waals surface area contributed by atoms with Gasteiger partial charge in [-0.1, -0.05) is 13.8 Å². The normalized spacial score (nSPS) is 29.3. The highest BCUT2D eigenvalue weighted by Gasteiger charge is 2.34. The fraction of sp³-hybridized carbons (Fsp3) is 0.789. The first-order valence-corrected chi connectivity index (χ1v) is 8.79. The molecule has 1 aliphatic rings. The second kappa shape index (κ2) is 6.76. The summed E-state index contributed by atoms with van der Waals surface area (Å²) in [5.41, 5.74) is -0.343.